The van der Waals surface area contributed by atoms with E-state index in [1.165, 1.54) is 0 Å². The van der Waals surface area contributed by atoms with Gasteiger partial charge in [0.2, 0.25) is 0 Å². The van der Waals surface area contributed by atoms with Gasteiger partial charge in [0.1, 0.15) is 18.1 Å². The Labute approximate surface area is 152 Å². The fraction of sp³-hybridized carbons (Fsp3) is 0.316. The van der Waals surface area contributed by atoms with Gasteiger partial charge in [0.05, 0.1) is 7.11 Å². The third kappa shape index (κ3) is 6.58. The number of nitrogens with one attached hydrogen (secondary N) is 2. The first kappa shape index (κ1) is 19.5. The molecule has 140 valence electrons. The number of guanidine groups is 1. The highest BCUT2D eigenvalue weighted by Gasteiger charge is 2.05. The maximum Gasteiger partial charge on any atom is 0.272 e. The number of nitrogens with zero attached hydrogens (tertiary/aromatic N) is 1. The molecule has 0 bridgehead atoms. The molecule has 2 rings (SSSR count). The van der Waals surface area contributed by atoms with E-state index in [0.717, 1.165) is 16.9 Å². The number of rotatable bonds is 8. The van der Waals surface area contributed by atoms with Crippen molar-refractivity contribution in [3.05, 3.63) is 59.7 Å². The summed E-state index contributed by atoms with van der Waals surface area (Å²) in [5.41, 5.74) is 1.97. The zero-order valence-corrected chi connectivity index (χ0v) is 14.8. The van der Waals surface area contributed by atoms with Crippen molar-refractivity contribution in [2.45, 2.75) is 19.5 Å². The van der Waals surface area contributed by atoms with Crippen LogP contribution < -0.4 is 20.1 Å². The van der Waals surface area contributed by atoms with Gasteiger partial charge in [-0.2, -0.15) is 0 Å². The second kappa shape index (κ2) is 10.2. The SMILES string of the molecule is CN=C(NCc1cccc(OC)c1)NCc1cccc(OCC(F)F)c1. The van der Waals surface area contributed by atoms with E-state index in [1.54, 1.807) is 32.4 Å². The standard InChI is InChI=1S/C19H23F2N3O2/c1-22-19(23-11-14-5-3-7-16(9-14)25-2)24-12-15-6-4-8-17(10-15)26-13-18(20)21/h3-10,18H,11-13H2,1-2H3,(H2,22,23,24). The predicted octanol–water partition coefficient (Wildman–Crippen LogP) is 3.20. The van der Waals surface area contributed by atoms with E-state index >= 15 is 0 Å². The van der Waals surface area contributed by atoms with Crippen LogP contribution in [-0.4, -0.2) is 33.1 Å². The van der Waals surface area contributed by atoms with E-state index in [1.807, 2.05) is 30.3 Å². The van der Waals surface area contributed by atoms with Crippen molar-refractivity contribution in [1.82, 2.24) is 10.6 Å². The Morgan fingerprint density at radius 3 is 2.12 bits per heavy atom. The first-order chi connectivity index (χ1) is 12.6. The Morgan fingerprint density at radius 2 is 1.58 bits per heavy atom. The van der Waals surface area contributed by atoms with Crippen molar-refractivity contribution in [3.63, 3.8) is 0 Å². The van der Waals surface area contributed by atoms with Gasteiger partial charge in [-0.3, -0.25) is 4.99 Å². The van der Waals surface area contributed by atoms with Crippen molar-refractivity contribution in [2.75, 3.05) is 20.8 Å². The summed E-state index contributed by atoms with van der Waals surface area (Å²) in [5, 5.41) is 6.40. The van der Waals surface area contributed by atoms with Crippen LogP contribution in [-0.2, 0) is 13.1 Å². The van der Waals surface area contributed by atoms with Crippen LogP contribution in [0.4, 0.5) is 8.78 Å². The van der Waals surface area contributed by atoms with Crippen LogP contribution in [0.5, 0.6) is 11.5 Å². The molecule has 0 aromatic heterocycles. The van der Waals surface area contributed by atoms with Crippen LogP contribution in [0, 0.1) is 0 Å². The van der Waals surface area contributed by atoms with Gasteiger partial charge in [0.15, 0.2) is 5.96 Å². The first-order valence-corrected chi connectivity index (χ1v) is 8.18. The molecule has 0 aliphatic rings. The minimum Gasteiger partial charge on any atom is -0.497 e. The molecular weight excluding hydrogens is 340 g/mol. The molecule has 0 saturated carbocycles. The van der Waals surface area contributed by atoms with E-state index in [0.29, 0.717) is 24.8 Å². The number of hydrogen-bond acceptors (Lipinski definition) is 3. The summed E-state index contributed by atoms with van der Waals surface area (Å²) in [6.07, 6.45) is -2.49. The van der Waals surface area contributed by atoms with Crippen LogP contribution in [0.1, 0.15) is 11.1 Å². The van der Waals surface area contributed by atoms with Crippen molar-refractivity contribution in [3.8, 4) is 11.5 Å². The molecular formula is C19H23F2N3O2. The van der Waals surface area contributed by atoms with E-state index < -0.39 is 13.0 Å². The quantitative estimate of drug-likeness (QED) is 0.559. The fourth-order valence-electron chi connectivity index (χ4n) is 2.28. The Kier molecular flexibility index (Phi) is 7.67. The van der Waals surface area contributed by atoms with Crippen molar-refractivity contribution in [1.29, 1.82) is 0 Å². The van der Waals surface area contributed by atoms with Crippen LogP contribution in [0.25, 0.3) is 0 Å². The van der Waals surface area contributed by atoms with E-state index in [9.17, 15) is 8.78 Å². The molecule has 2 aromatic carbocycles. The first-order valence-electron chi connectivity index (χ1n) is 8.18. The minimum absolute atomic E-state index is 0.420. The largest absolute Gasteiger partial charge is 0.497 e. The number of methoxy groups -OCH3 is 1. The highest BCUT2D eigenvalue weighted by Crippen LogP contribution is 2.14. The van der Waals surface area contributed by atoms with E-state index in [2.05, 4.69) is 15.6 Å². The highest BCUT2D eigenvalue weighted by molar-refractivity contribution is 5.79. The van der Waals surface area contributed by atoms with Gasteiger partial charge in [-0.1, -0.05) is 24.3 Å². The van der Waals surface area contributed by atoms with Gasteiger partial charge in [0.25, 0.3) is 6.43 Å². The zero-order chi connectivity index (χ0) is 18.8. The number of hydrogen-bond donors (Lipinski definition) is 2. The minimum atomic E-state index is -2.49. The molecule has 0 amide bonds. The average molecular weight is 363 g/mol. The van der Waals surface area contributed by atoms with Gasteiger partial charge in [-0.15, -0.1) is 0 Å². The lowest BCUT2D eigenvalue weighted by molar-refractivity contribution is 0.0818. The second-order valence-electron chi connectivity index (χ2n) is 5.48. The molecule has 0 aliphatic carbocycles. The van der Waals surface area contributed by atoms with Crippen LogP contribution >= 0.6 is 0 Å². The third-order valence-electron chi connectivity index (χ3n) is 3.55. The Hall–Kier alpha value is -2.83. The van der Waals surface area contributed by atoms with Crippen molar-refractivity contribution < 1.29 is 18.3 Å². The fourth-order valence-corrected chi connectivity index (χ4v) is 2.28. The monoisotopic (exact) mass is 363 g/mol. The van der Waals surface area contributed by atoms with Crippen molar-refractivity contribution >= 4 is 5.96 Å². The lowest BCUT2D eigenvalue weighted by Crippen LogP contribution is -2.36. The number of halogens is 2. The molecule has 26 heavy (non-hydrogen) atoms. The molecule has 0 heterocycles. The number of alkyl halides is 2. The second-order valence-corrected chi connectivity index (χ2v) is 5.48. The molecule has 2 N–H and O–H groups in total. The zero-order valence-electron chi connectivity index (χ0n) is 14.8. The molecule has 0 atom stereocenters. The summed E-state index contributed by atoms with van der Waals surface area (Å²) >= 11 is 0. The smallest absolute Gasteiger partial charge is 0.272 e. The molecule has 0 radical (unpaired) electrons. The number of aliphatic imine (C=N–C) groups is 1. The normalized spacial score (nSPS) is 11.3. The topological polar surface area (TPSA) is 54.9 Å². The molecule has 0 fully saturated rings. The number of benzene rings is 2. The summed E-state index contributed by atoms with van der Waals surface area (Å²) in [5.74, 6) is 1.85. The molecule has 7 heteroatoms. The summed E-state index contributed by atoms with van der Waals surface area (Å²) in [6.45, 7) is 0.471. The summed E-state index contributed by atoms with van der Waals surface area (Å²) in [6, 6.07) is 14.8. The lowest BCUT2D eigenvalue weighted by atomic mass is 10.2. The Balaban J connectivity index is 1.85. The van der Waals surface area contributed by atoms with Crippen LogP contribution in [0.2, 0.25) is 0 Å². The number of ether oxygens (including phenoxy) is 2. The maximum atomic E-state index is 12.2. The summed E-state index contributed by atoms with van der Waals surface area (Å²) in [7, 11) is 3.31. The predicted molar refractivity (Wildman–Crippen MR) is 98.0 cm³/mol. The summed E-state index contributed by atoms with van der Waals surface area (Å²) < 4.78 is 34.7. The van der Waals surface area contributed by atoms with Gasteiger partial charge in [-0.05, 0) is 35.4 Å². The van der Waals surface area contributed by atoms with E-state index in [-0.39, 0.29) is 0 Å². The Morgan fingerprint density at radius 1 is 1.00 bits per heavy atom. The molecule has 5 nitrogen and oxygen atoms in total. The lowest BCUT2D eigenvalue weighted by Gasteiger charge is -2.13. The Bertz CT molecular complexity index is 723. The van der Waals surface area contributed by atoms with Gasteiger partial charge >= 0.3 is 0 Å². The van der Waals surface area contributed by atoms with E-state index in [4.69, 9.17) is 9.47 Å². The summed E-state index contributed by atoms with van der Waals surface area (Å²) in [4.78, 5) is 4.18. The maximum absolute atomic E-state index is 12.2. The average Bonchev–Trinajstić information content (AvgIpc) is 2.67. The molecule has 0 spiro atoms. The third-order valence-corrected chi connectivity index (χ3v) is 3.55. The van der Waals surface area contributed by atoms with Crippen LogP contribution in [0.3, 0.4) is 0 Å². The molecule has 2 aromatic rings. The van der Waals surface area contributed by atoms with Gasteiger partial charge in [0, 0.05) is 20.1 Å². The van der Waals surface area contributed by atoms with Crippen LogP contribution in [0.15, 0.2) is 53.5 Å². The van der Waals surface area contributed by atoms with Gasteiger partial charge < -0.3 is 20.1 Å². The van der Waals surface area contributed by atoms with Gasteiger partial charge in [-0.25, -0.2) is 8.78 Å². The highest BCUT2D eigenvalue weighted by atomic mass is 19.3. The molecule has 0 unspecified atom stereocenters. The van der Waals surface area contributed by atoms with Crippen molar-refractivity contribution in [2.24, 2.45) is 4.99 Å². The molecule has 0 aliphatic heterocycles. The molecule has 0 saturated heterocycles.